The maximum Gasteiger partial charge on any atom is 0.472 e. The lowest BCUT2D eigenvalue weighted by Gasteiger charge is -2.21. The number of aldehydes is 2. The van der Waals surface area contributed by atoms with Gasteiger partial charge in [-0.05, 0) is 128 Å². The summed E-state index contributed by atoms with van der Waals surface area (Å²) in [5, 5.41) is 10.6. The molecule has 2 unspecified atom stereocenters. The summed E-state index contributed by atoms with van der Waals surface area (Å²) in [6.45, 7) is 2.40. The van der Waals surface area contributed by atoms with Crippen molar-refractivity contribution in [1.29, 1.82) is 0 Å². The highest BCUT2D eigenvalue weighted by Gasteiger charge is 2.30. The second-order valence-corrected chi connectivity index (χ2v) is 29.8. The summed E-state index contributed by atoms with van der Waals surface area (Å²) in [4.78, 5) is 68.2. The summed E-state index contributed by atoms with van der Waals surface area (Å²) in [5.74, 6) is -0.976. The van der Waals surface area contributed by atoms with Gasteiger partial charge in [-0.15, -0.1) is 0 Å². The molecule has 100 heavy (non-hydrogen) atoms. The Morgan fingerprint density at radius 2 is 0.560 bits per heavy atom. The first-order chi connectivity index (χ1) is 48.9. The Hall–Kier alpha value is -3.18. The lowest BCUT2D eigenvalue weighted by molar-refractivity contribution is -0.155. The number of rotatable bonds is 80. The zero-order valence-electron chi connectivity index (χ0n) is 63.2. The zero-order chi connectivity index (χ0) is 72.9. The summed E-state index contributed by atoms with van der Waals surface area (Å²) in [6, 6.07) is 0. The Bertz CT molecular complexity index is 2110. The maximum absolute atomic E-state index is 13.1. The van der Waals surface area contributed by atoms with Gasteiger partial charge < -0.3 is 43.4 Å². The van der Waals surface area contributed by atoms with Gasteiger partial charge in [0.25, 0.3) is 0 Å². The Labute approximate surface area is 609 Å². The highest BCUT2D eigenvalue weighted by atomic mass is 31.2. The van der Waals surface area contributed by atoms with Gasteiger partial charge in [-0.25, -0.2) is 9.13 Å². The molecule has 3 N–H and O–H groups in total. The first-order valence-corrected chi connectivity index (χ1v) is 43.1. The standard InChI is InChI=1S/C81H146O17P2/c1-3-5-7-9-11-13-15-17-18-19-24-30-36-42-48-54-60-66-81(86)98-79(74-92-70-64-58-52-46-40-34-28-23-21-26-32-38-44-50-56-62-68-83)76-96-100(89,90)94-72-77(84)71-93-99(87,88)95-75-78(97-80(85)65-59-53-47-41-35-29-16-14-12-10-8-6-4-2)73-91-69-63-57-51-45-39-33-27-22-20-25-31-37-43-49-55-61-67-82/h11,13,17-18,20-21,24-26,30,42,48,67-68,77-79,84H,3-10,12,14-16,19,22-23,27-29,31-41,43-47,49-66,69-76H2,1-2H3,(H,87,88)(H,89,90)/b13-11-,18-17-,25-20-,26-21-,30-24-,48-42-/t77-,78+,79+/m0/s1. The molecule has 0 aromatic heterocycles. The average molecular weight is 1450 g/mol. The number of unbranched alkanes of at least 4 members (excludes halogenated alkanes) is 40. The van der Waals surface area contributed by atoms with E-state index in [2.05, 4.69) is 80.7 Å². The number of aliphatic hydroxyl groups is 1. The van der Waals surface area contributed by atoms with Crippen molar-refractivity contribution in [2.75, 3.05) is 52.9 Å². The molecule has 0 saturated heterocycles. The first kappa shape index (κ1) is 96.8. The number of carbonyl (C=O) groups is 4. The number of phosphoric ester groups is 2. The van der Waals surface area contributed by atoms with Crippen LogP contribution >= 0.6 is 15.6 Å². The summed E-state index contributed by atoms with van der Waals surface area (Å²) >= 11 is 0. The fraction of sp³-hybridized carbons (Fsp3) is 0.802. The second kappa shape index (κ2) is 76.9. The van der Waals surface area contributed by atoms with Crippen LogP contribution in [0.25, 0.3) is 0 Å². The third-order valence-corrected chi connectivity index (χ3v) is 19.0. The van der Waals surface area contributed by atoms with Crippen LogP contribution in [0, 0.1) is 0 Å². The summed E-state index contributed by atoms with van der Waals surface area (Å²) in [7, 11) is -9.73. The van der Waals surface area contributed by atoms with Gasteiger partial charge in [-0.1, -0.05) is 267 Å². The summed E-state index contributed by atoms with van der Waals surface area (Å²) in [5.41, 5.74) is 0. The van der Waals surface area contributed by atoms with Crippen molar-refractivity contribution >= 4 is 40.2 Å². The van der Waals surface area contributed by atoms with Gasteiger partial charge in [0.2, 0.25) is 0 Å². The summed E-state index contributed by atoms with van der Waals surface area (Å²) in [6.07, 6.45) is 78.5. The van der Waals surface area contributed by atoms with E-state index in [-0.39, 0.29) is 26.1 Å². The molecule has 0 bridgehead atoms. The van der Waals surface area contributed by atoms with Crippen LogP contribution in [-0.2, 0) is 65.4 Å². The molecule has 0 aliphatic carbocycles. The molecule has 19 heteroatoms. The molecule has 0 spiro atoms. The van der Waals surface area contributed by atoms with Crippen LogP contribution in [0.2, 0.25) is 0 Å². The molecule has 0 amide bonds. The molecule has 0 aliphatic rings. The van der Waals surface area contributed by atoms with E-state index in [0.717, 1.165) is 160 Å². The number of ether oxygens (including phenoxy) is 4. The predicted octanol–water partition coefficient (Wildman–Crippen LogP) is 22.5. The highest BCUT2D eigenvalue weighted by Crippen LogP contribution is 2.45. The molecular formula is C81H146O17P2. The molecular weight excluding hydrogens is 1310 g/mol. The Balaban J connectivity index is 5.24. The highest BCUT2D eigenvalue weighted by molar-refractivity contribution is 7.47. The van der Waals surface area contributed by atoms with Crippen LogP contribution in [0.5, 0.6) is 0 Å². The van der Waals surface area contributed by atoms with Gasteiger partial charge in [-0.3, -0.25) is 27.7 Å². The molecule has 0 rings (SSSR count). The van der Waals surface area contributed by atoms with E-state index in [4.69, 9.17) is 37.0 Å². The molecule has 17 nitrogen and oxygen atoms in total. The number of hydrogen-bond acceptors (Lipinski definition) is 15. The SMILES string of the molecule is CCCCC/C=C\C/C=C\C/C=C\C/C=C\CCCC(=O)O[C@H](COCCCCCCCCC/C=C\CCCCCCC=O)COP(=O)(O)OC[C@@H](O)COP(=O)(O)OC[C@@H](COCCCCCCCCC/C=C\CCCCCCC=O)OC(=O)CCCCCCCCCCCCCCC. The van der Waals surface area contributed by atoms with Gasteiger partial charge in [0.05, 0.1) is 39.6 Å². The van der Waals surface area contributed by atoms with Crippen molar-refractivity contribution in [2.24, 2.45) is 0 Å². The van der Waals surface area contributed by atoms with Gasteiger partial charge >= 0.3 is 27.6 Å². The third-order valence-electron chi connectivity index (χ3n) is 17.1. The molecule has 0 fully saturated rings. The van der Waals surface area contributed by atoms with E-state index in [1.165, 1.54) is 141 Å². The second-order valence-electron chi connectivity index (χ2n) is 26.9. The van der Waals surface area contributed by atoms with Gasteiger partial charge in [0, 0.05) is 38.9 Å². The predicted molar refractivity (Wildman–Crippen MR) is 409 cm³/mol. The van der Waals surface area contributed by atoms with E-state index in [0.29, 0.717) is 45.3 Å². The minimum absolute atomic E-state index is 0.0627. The van der Waals surface area contributed by atoms with Crippen LogP contribution in [-0.4, -0.2) is 111 Å². The number of phosphoric acid groups is 2. The van der Waals surface area contributed by atoms with Gasteiger partial charge in [0.15, 0.2) is 0 Å². The zero-order valence-corrected chi connectivity index (χ0v) is 65.0. The third kappa shape index (κ3) is 76.0. The largest absolute Gasteiger partial charge is 0.472 e. The van der Waals surface area contributed by atoms with Crippen molar-refractivity contribution in [3.63, 3.8) is 0 Å². The van der Waals surface area contributed by atoms with E-state index >= 15 is 0 Å². The smallest absolute Gasteiger partial charge is 0.457 e. The Kier molecular flexibility index (Phi) is 74.5. The number of allylic oxidation sites excluding steroid dienone is 12. The van der Waals surface area contributed by atoms with Crippen molar-refractivity contribution in [3.05, 3.63) is 72.9 Å². The monoisotopic (exact) mass is 1450 g/mol. The van der Waals surface area contributed by atoms with Crippen molar-refractivity contribution in [1.82, 2.24) is 0 Å². The lowest BCUT2D eigenvalue weighted by Crippen LogP contribution is -2.29. The first-order valence-electron chi connectivity index (χ1n) is 40.1. The Morgan fingerprint density at radius 3 is 0.910 bits per heavy atom. The van der Waals surface area contributed by atoms with Crippen molar-refractivity contribution in [2.45, 2.75) is 366 Å². The minimum atomic E-state index is -4.87. The van der Waals surface area contributed by atoms with Crippen molar-refractivity contribution < 1.29 is 80.2 Å². The van der Waals surface area contributed by atoms with Crippen LogP contribution < -0.4 is 0 Å². The fourth-order valence-corrected chi connectivity index (χ4v) is 12.6. The molecule has 0 aromatic carbocycles. The number of hydrogen-bond donors (Lipinski definition) is 3. The van der Waals surface area contributed by atoms with E-state index < -0.39 is 72.3 Å². The van der Waals surface area contributed by atoms with Crippen LogP contribution in [0.4, 0.5) is 0 Å². The lowest BCUT2D eigenvalue weighted by atomic mass is 10.0. The normalized spacial score (nSPS) is 14.3. The van der Waals surface area contributed by atoms with E-state index in [9.17, 15) is 43.2 Å². The molecule has 582 valence electrons. The van der Waals surface area contributed by atoms with Crippen LogP contribution in [0.15, 0.2) is 72.9 Å². The van der Waals surface area contributed by atoms with Crippen LogP contribution in [0.3, 0.4) is 0 Å². The molecule has 5 atom stereocenters. The molecule has 0 saturated carbocycles. The topological polar surface area (TPSA) is 237 Å². The fourth-order valence-electron chi connectivity index (χ4n) is 11.1. The van der Waals surface area contributed by atoms with Gasteiger partial charge in [-0.2, -0.15) is 0 Å². The van der Waals surface area contributed by atoms with Crippen LogP contribution in [0.1, 0.15) is 348 Å². The minimum Gasteiger partial charge on any atom is -0.457 e. The molecule has 0 aromatic rings. The number of aliphatic hydroxyl groups excluding tert-OH is 1. The number of carbonyl (C=O) groups excluding carboxylic acids is 4. The number of esters is 2. The Morgan fingerprint density at radius 1 is 0.310 bits per heavy atom. The quantitative estimate of drug-likeness (QED) is 0.0169. The van der Waals surface area contributed by atoms with Crippen molar-refractivity contribution in [3.8, 4) is 0 Å². The average Bonchev–Trinajstić information content (AvgIpc) is 1.01. The molecule has 0 radical (unpaired) electrons. The summed E-state index contributed by atoms with van der Waals surface area (Å²) < 4.78 is 69.9. The van der Waals surface area contributed by atoms with Gasteiger partial charge in [0.1, 0.15) is 30.9 Å². The van der Waals surface area contributed by atoms with E-state index in [1.54, 1.807) is 0 Å². The molecule has 0 aliphatic heterocycles. The van der Waals surface area contributed by atoms with E-state index in [1.807, 2.05) is 6.08 Å². The molecule has 0 heterocycles. The maximum atomic E-state index is 13.1.